The molecule has 14 nitrogen and oxygen atoms in total. The molecule has 1 aliphatic rings. The molecule has 11 rings (SSSR count). The second-order valence-corrected chi connectivity index (χ2v) is 49.6. The molecule has 0 aliphatic heterocycles. The van der Waals surface area contributed by atoms with Crippen molar-refractivity contribution in [2.24, 2.45) is 5.92 Å². The minimum atomic E-state index is 0.292. The molecule has 10 aromatic rings. The van der Waals surface area contributed by atoms with Crippen LogP contribution in [-0.4, -0.2) is 341 Å². The van der Waals surface area contributed by atoms with Crippen LogP contribution in [0.25, 0.3) is 6.08 Å². The molecule has 1 atom stereocenters. The highest BCUT2D eigenvalue weighted by molar-refractivity contribution is 7.09. The first kappa shape index (κ1) is 136. The SMILES string of the molecule is C#CC[N+](C)(C)Cc1ccccc1.C=Cc1ccc(C[N+](C)(C)C)cc1.CC(c1ccccc1)[N+](C)(C)C.CCC[N+](C)(CCC)Cc1ccccc1.CC[N+](C)(C)CCO.CC[N+](C)(C)Cc1ccccc1.CC[N+](C)(CC)CC#Cc1ccccc1.CC[N+](C)(CC)Cc1ccccc1.C[N+](C)(C)CC1CCCCC1.C[N+](C)(C)CCc1ccccc1.C[N+](C)(C)Cc1cccs1.Cc1ccc(C[N+](C)(C)C)o1. The fourth-order valence-electron chi connectivity index (χ4n) is 15.8. The van der Waals surface area contributed by atoms with E-state index in [9.17, 15) is 0 Å². The average molecular weight is 2020 g/mol. The standard InChI is InChI=1S/C14H20N.C14H24N.C12H18N.C12H16N.C12H20N.3C11H18N.C10H22N.C9H16NO.C8H14NS.C6H16NO/c1-4-15(3,5-2)13-9-12-14-10-7-6-8-11-14;1-4-11-15(3,12-5-2)13-14-9-7-6-8-10-14;1-5-11-6-8-12(9-7-11)10-13(2,3)4;1-4-10-13(2,3)11-12-8-6-5-7-9-12;1-4-13(3,5-2)11-12-9-7-6-8-10-12;1-10(12(2,3)4)11-8-6-5-7-9-11;1-12(2,3)10-9-11-7-5-4-6-8-11;1-4-12(2,3)10-11-8-6-5-7-9-11;1-11(2,3)9-10-7-5-4-6-8-10;1-8-5-6-9(11-8)7-10(2,3)4;1-9(2,3)7-8-5-4-6-10-8;1-4-7(2,3)5-6-8/h6-8,10-11H,4-5,13H2,1-3H3;6-10H,4-5,11-13H2,1-3H3;5-9H,1,10H2,2-4H3;1,5-9H,10-11H2,2-3H3;6-10H,4-5,11H2,1-3H3;5-10H,1-4H3;4-8H,9-10H2,1-3H3;5-9H,4,10H2,1-3H3;10H,4-9H2,1-3H3;5-6H,7H2,1-4H3;4-6H,7H2,1-3H3;8H,4-6H2,1-3H3/q12*+1. The number of thiophene rings is 1. The smallest absolute Gasteiger partial charge is 0.158 e. The molecule has 8 aromatic carbocycles. The van der Waals surface area contributed by atoms with E-state index in [1.54, 1.807) is 0 Å². The number of quaternary nitrogens is 12. The number of hydrogen-bond donors (Lipinski definition) is 1. The van der Waals surface area contributed by atoms with Gasteiger partial charge in [0, 0.05) is 51.3 Å². The van der Waals surface area contributed by atoms with Gasteiger partial charge in [-0.25, -0.2) is 0 Å². The van der Waals surface area contributed by atoms with E-state index in [-0.39, 0.29) is 0 Å². The quantitative estimate of drug-likeness (QED) is 0.0314. The maximum absolute atomic E-state index is 8.52. The first-order valence-electron chi connectivity index (χ1n) is 54.2. The third-order valence-corrected chi connectivity index (χ3v) is 27.0. The van der Waals surface area contributed by atoms with E-state index in [0.29, 0.717) is 12.6 Å². The molecule has 0 spiro atoms. The van der Waals surface area contributed by atoms with Gasteiger partial charge < -0.3 is 63.3 Å². The van der Waals surface area contributed by atoms with Crippen molar-refractivity contribution in [3.8, 4) is 24.2 Å². The van der Waals surface area contributed by atoms with Crippen LogP contribution in [0.5, 0.6) is 0 Å². The van der Waals surface area contributed by atoms with Crippen LogP contribution >= 0.6 is 11.3 Å². The summed E-state index contributed by atoms with van der Waals surface area (Å²) < 4.78 is 17.6. The van der Waals surface area contributed by atoms with Gasteiger partial charge in [-0.3, -0.25) is 0 Å². The molecule has 0 radical (unpaired) electrons. The van der Waals surface area contributed by atoms with Crippen molar-refractivity contribution in [3.05, 3.63) is 339 Å². The highest BCUT2D eigenvalue weighted by atomic mass is 32.1. The van der Waals surface area contributed by atoms with E-state index in [0.717, 1.165) is 151 Å². The topological polar surface area (TPSA) is 33.4 Å². The fraction of sp³-hybridized carbons (Fsp3) is 0.523. The first-order valence-corrected chi connectivity index (χ1v) is 55.0. The summed E-state index contributed by atoms with van der Waals surface area (Å²) in [6, 6.07) is 91.6. The number of terminal acetylenes is 1. The lowest BCUT2D eigenvalue weighted by Gasteiger charge is -2.34. The van der Waals surface area contributed by atoms with Gasteiger partial charge in [-0.2, -0.15) is 0 Å². The molecular formula is C130H220N12O2S+12. The van der Waals surface area contributed by atoms with Gasteiger partial charge >= 0.3 is 0 Å². The van der Waals surface area contributed by atoms with Crippen LogP contribution in [-0.2, 0) is 52.2 Å². The number of benzene rings is 8. The summed E-state index contributed by atoms with van der Waals surface area (Å²) in [6.45, 7) is 48.3. The van der Waals surface area contributed by atoms with Crippen molar-refractivity contribution in [1.29, 1.82) is 0 Å². The minimum absolute atomic E-state index is 0.292. The molecule has 1 saturated carbocycles. The molecule has 806 valence electrons. The van der Waals surface area contributed by atoms with Gasteiger partial charge in [0.2, 0.25) is 0 Å². The Morgan fingerprint density at radius 1 is 0.372 bits per heavy atom. The summed E-state index contributed by atoms with van der Waals surface area (Å²) >= 11 is 1.83. The molecule has 1 N–H and O–H groups in total. The van der Waals surface area contributed by atoms with Crippen molar-refractivity contribution in [2.75, 3.05) is 282 Å². The number of nitrogens with zero attached hydrogens (tertiary/aromatic N) is 12. The van der Waals surface area contributed by atoms with E-state index in [1.165, 1.54) is 158 Å². The predicted molar refractivity (Wildman–Crippen MR) is 638 cm³/mol. The molecule has 0 saturated heterocycles. The molecule has 0 bridgehead atoms. The van der Waals surface area contributed by atoms with Gasteiger partial charge in [-0.1, -0.05) is 282 Å². The maximum Gasteiger partial charge on any atom is 0.158 e. The van der Waals surface area contributed by atoms with Crippen molar-refractivity contribution in [3.63, 3.8) is 0 Å². The molecule has 2 heterocycles. The second kappa shape index (κ2) is 71.7. The third-order valence-electron chi connectivity index (χ3n) is 26.1. The summed E-state index contributed by atoms with van der Waals surface area (Å²) in [4.78, 5) is 1.47. The van der Waals surface area contributed by atoms with Crippen LogP contribution in [0.3, 0.4) is 0 Å². The van der Waals surface area contributed by atoms with E-state index >= 15 is 0 Å². The lowest BCUT2D eigenvalue weighted by Crippen LogP contribution is -2.44. The van der Waals surface area contributed by atoms with Crippen LogP contribution in [0.2, 0.25) is 0 Å². The van der Waals surface area contributed by atoms with E-state index in [2.05, 4.69) is 507 Å². The van der Waals surface area contributed by atoms with Crippen LogP contribution in [0.1, 0.15) is 180 Å². The van der Waals surface area contributed by atoms with Crippen LogP contribution in [0.4, 0.5) is 0 Å². The molecule has 1 aliphatic carbocycles. The Bertz CT molecular complexity index is 4880. The van der Waals surface area contributed by atoms with Crippen LogP contribution in [0.15, 0.2) is 277 Å². The maximum atomic E-state index is 8.52. The van der Waals surface area contributed by atoms with E-state index in [4.69, 9.17) is 15.9 Å². The van der Waals surface area contributed by atoms with Gasteiger partial charge in [0.15, 0.2) is 5.76 Å². The lowest BCUT2D eigenvalue weighted by atomic mass is 9.89. The number of aliphatic hydroxyl groups excluding tert-OH is 1. The molecular weight excluding hydrogens is 1790 g/mol. The molecule has 2 aromatic heterocycles. The number of rotatable bonds is 36. The normalized spacial score (nSPS) is 12.5. The third kappa shape index (κ3) is 73.8. The summed E-state index contributed by atoms with van der Waals surface area (Å²) in [6.07, 6.45) is 18.3. The Balaban J connectivity index is 0.00000156. The zero-order chi connectivity index (χ0) is 110. The minimum Gasteiger partial charge on any atom is -0.460 e. The van der Waals surface area contributed by atoms with Crippen molar-refractivity contribution >= 4 is 17.4 Å². The van der Waals surface area contributed by atoms with E-state index < -0.39 is 0 Å². The van der Waals surface area contributed by atoms with Crippen LogP contribution < -0.4 is 0 Å². The van der Waals surface area contributed by atoms with Gasteiger partial charge in [-0.05, 0) is 140 Å². The molecule has 0 amide bonds. The zero-order valence-electron chi connectivity index (χ0n) is 100. The summed E-state index contributed by atoms with van der Waals surface area (Å²) in [7, 11) is 59.9. The molecule has 1 unspecified atom stereocenters. The summed E-state index contributed by atoms with van der Waals surface area (Å²) in [5.74, 6) is 12.2. The van der Waals surface area contributed by atoms with Crippen molar-refractivity contribution in [1.82, 2.24) is 0 Å². The molecule has 1 fully saturated rings. The average Bonchev–Trinajstić information content (AvgIpc) is 1.85. The largest absolute Gasteiger partial charge is 0.460 e. The van der Waals surface area contributed by atoms with Crippen molar-refractivity contribution in [2.45, 2.75) is 172 Å². The van der Waals surface area contributed by atoms with Crippen molar-refractivity contribution < 1.29 is 63.3 Å². The first-order chi connectivity index (χ1) is 67.7. The van der Waals surface area contributed by atoms with Gasteiger partial charge in [0.05, 0.1) is 267 Å². The van der Waals surface area contributed by atoms with Gasteiger partial charge in [-0.15, -0.1) is 17.8 Å². The zero-order valence-corrected chi connectivity index (χ0v) is 101. The monoisotopic (exact) mass is 2010 g/mol. The number of furan rings is 1. The number of hydrogen-bond acceptors (Lipinski definition) is 3. The molecule has 15 heteroatoms. The highest BCUT2D eigenvalue weighted by Crippen LogP contribution is 2.26. The van der Waals surface area contributed by atoms with Gasteiger partial charge in [0.25, 0.3) is 0 Å². The highest BCUT2D eigenvalue weighted by Gasteiger charge is 2.25. The summed E-state index contributed by atoms with van der Waals surface area (Å²) in [5.41, 5.74) is 12.2. The van der Waals surface area contributed by atoms with Gasteiger partial charge in [0.1, 0.15) is 77.2 Å². The second-order valence-electron chi connectivity index (χ2n) is 48.5. The Hall–Kier alpha value is -8.92. The van der Waals surface area contributed by atoms with E-state index in [1.807, 2.05) is 60.7 Å². The summed E-state index contributed by atoms with van der Waals surface area (Å²) in [5, 5.41) is 10.6. The molecule has 145 heavy (non-hydrogen) atoms. The fourth-order valence-corrected chi connectivity index (χ4v) is 16.7. The Morgan fingerprint density at radius 3 is 1.10 bits per heavy atom. The predicted octanol–water partition coefficient (Wildman–Crippen LogP) is 25.9. The number of aryl methyl sites for hydroxylation is 1. The number of likely N-dealkylation sites (N-methyl/N-ethyl adjacent to an activating group) is 2. The lowest BCUT2D eigenvalue weighted by molar-refractivity contribution is -0.922. The number of aliphatic hydroxyl groups is 1. The Morgan fingerprint density at radius 2 is 0.766 bits per heavy atom. The van der Waals surface area contributed by atoms with Crippen LogP contribution in [0, 0.1) is 37.0 Å². The Labute approximate surface area is 898 Å². The Kier molecular flexibility index (Phi) is 67.3.